The molecule has 0 radical (unpaired) electrons. The molecule has 0 saturated carbocycles. The highest BCUT2D eigenvalue weighted by atomic mass is 15.2. The highest BCUT2D eigenvalue weighted by molar-refractivity contribution is 5.29. The first kappa shape index (κ1) is 13.2. The van der Waals surface area contributed by atoms with Crippen LogP contribution in [-0.2, 0) is 6.54 Å². The van der Waals surface area contributed by atoms with E-state index in [-0.39, 0.29) is 0 Å². The molecule has 0 aliphatic carbocycles. The molecular weight excluding hydrogens is 226 g/mol. The minimum absolute atomic E-state index is 0.694. The molecular formula is C13H23N5. The predicted molar refractivity (Wildman–Crippen MR) is 73.6 cm³/mol. The maximum Gasteiger partial charge on any atom is 0.144 e. The average molecular weight is 249 g/mol. The van der Waals surface area contributed by atoms with Crippen molar-refractivity contribution < 1.29 is 0 Å². The maximum atomic E-state index is 4.40. The lowest BCUT2D eigenvalue weighted by Gasteiger charge is -2.25. The van der Waals surface area contributed by atoms with Gasteiger partial charge in [-0.3, -0.25) is 9.88 Å². The molecule has 1 unspecified atom stereocenters. The fourth-order valence-corrected chi connectivity index (χ4v) is 2.48. The molecule has 1 N–H and O–H groups in total. The van der Waals surface area contributed by atoms with Gasteiger partial charge in [0.1, 0.15) is 5.82 Å². The first-order valence-corrected chi connectivity index (χ1v) is 6.56. The van der Waals surface area contributed by atoms with E-state index in [1.807, 2.05) is 13.2 Å². The molecule has 100 valence electrons. The van der Waals surface area contributed by atoms with Crippen molar-refractivity contribution in [2.75, 3.05) is 39.5 Å². The Morgan fingerprint density at radius 2 is 2.28 bits per heavy atom. The van der Waals surface area contributed by atoms with Crippen LogP contribution in [0, 0.1) is 0 Å². The van der Waals surface area contributed by atoms with E-state index in [0.29, 0.717) is 6.04 Å². The third-order valence-corrected chi connectivity index (χ3v) is 3.59. The topological polar surface area (TPSA) is 44.3 Å². The summed E-state index contributed by atoms with van der Waals surface area (Å²) < 4.78 is 0. The minimum Gasteiger partial charge on any atom is -0.372 e. The second kappa shape index (κ2) is 6.11. The van der Waals surface area contributed by atoms with Gasteiger partial charge < -0.3 is 10.2 Å². The molecule has 1 aromatic heterocycles. The lowest BCUT2D eigenvalue weighted by molar-refractivity contribution is 0.214. The first-order valence-electron chi connectivity index (χ1n) is 6.56. The number of nitrogens with one attached hydrogen (secondary N) is 1. The fraction of sp³-hybridized carbons (Fsp3) is 0.692. The molecule has 1 atom stereocenters. The largest absolute Gasteiger partial charge is 0.372 e. The van der Waals surface area contributed by atoms with E-state index in [4.69, 9.17) is 0 Å². The van der Waals surface area contributed by atoms with Crippen LogP contribution in [0.3, 0.4) is 0 Å². The normalized spacial score (nSPS) is 20.6. The molecule has 1 saturated heterocycles. The van der Waals surface area contributed by atoms with Crippen molar-refractivity contribution in [3.8, 4) is 0 Å². The van der Waals surface area contributed by atoms with Gasteiger partial charge in [-0.05, 0) is 33.5 Å². The Morgan fingerprint density at radius 3 is 2.83 bits per heavy atom. The van der Waals surface area contributed by atoms with Crippen molar-refractivity contribution >= 4 is 5.82 Å². The van der Waals surface area contributed by atoms with Crippen LogP contribution in [0.15, 0.2) is 12.4 Å². The van der Waals surface area contributed by atoms with Crippen molar-refractivity contribution in [1.29, 1.82) is 0 Å². The molecule has 0 amide bonds. The molecule has 1 aliphatic heterocycles. The zero-order valence-corrected chi connectivity index (χ0v) is 11.6. The number of hydrogen-bond acceptors (Lipinski definition) is 5. The van der Waals surface area contributed by atoms with Gasteiger partial charge in [-0.2, -0.15) is 0 Å². The zero-order chi connectivity index (χ0) is 13.0. The van der Waals surface area contributed by atoms with E-state index in [9.17, 15) is 0 Å². The molecule has 5 nitrogen and oxygen atoms in total. The molecule has 18 heavy (non-hydrogen) atoms. The van der Waals surface area contributed by atoms with Gasteiger partial charge in [-0.25, -0.2) is 4.98 Å². The van der Waals surface area contributed by atoms with Crippen molar-refractivity contribution in [3.05, 3.63) is 18.1 Å². The SMILES string of the molecule is CNc1cnc(CN(C)CC2CCCN2C)cn1. The van der Waals surface area contributed by atoms with Gasteiger partial charge in [0.05, 0.1) is 18.1 Å². The minimum atomic E-state index is 0.694. The van der Waals surface area contributed by atoms with Gasteiger partial charge in [-0.15, -0.1) is 0 Å². The third-order valence-electron chi connectivity index (χ3n) is 3.59. The standard InChI is InChI=1S/C13H23N5/c1-14-13-8-15-11(7-16-13)9-17(2)10-12-5-4-6-18(12)3/h7-8,12H,4-6,9-10H2,1-3H3,(H,14,16). The van der Waals surface area contributed by atoms with E-state index in [2.05, 4.69) is 39.2 Å². The maximum absolute atomic E-state index is 4.40. The van der Waals surface area contributed by atoms with E-state index in [0.717, 1.165) is 24.6 Å². The molecule has 1 fully saturated rings. The molecule has 0 aromatic carbocycles. The highest BCUT2D eigenvalue weighted by Crippen LogP contribution is 2.16. The molecule has 2 rings (SSSR count). The zero-order valence-electron chi connectivity index (χ0n) is 11.6. The van der Waals surface area contributed by atoms with Crippen molar-refractivity contribution in [2.45, 2.75) is 25.4 Å². The average Bonchev–Trinajstić information content (AvgIpc) is 2.76. The third kappa shape index (κ3) is 3.40. The van der Waals surface area contributed by atoms with Crippen molar-refractivity contribution in [2.24, 2.45) is 0 Å². The summed E-state index contributed by atoms with van der Waals surface area (Å²) in [6.07, 6.45) is 6.27. The van der Waals surface area contributed by atoms with Crippen LogP contribution < -0.4 is 5.32 Å². The van der Waals surface area contributed by atoms with Crippen LogP contribution in [0.25, 0.3) is 0 Å². The van der Waals surface area contributed by atoms with Crippen LogP contribution in [0.5, 0.6) is 0 Å². The summed E-state index contributed by atoms with van der Waals surface area (Å²) in [6.45, 7) is 3.20. The number of rotatable bonds is 5. The Morgan fingerprint density at radius 1 is 1.44 bits per heavy atom. The van der Waals surface area contributed by atoms with Crippen molar-refractivity contribution in [3.63, 3.8) is 0 Å². The van der Waals surface area contributed by atoms with Gasteiger partial charge >= 0.3 is 0 Å². The summed E-state index contributed by atoms with van der Waals surface area (Å²) in [4.78, 5) is 13.5. The predicted octanol–water partition coefficient (Wildman–Crippen LogP) is 1.04. The van der Waals surface area contributed by atoms with Gasteiger partial charge in [0.25, 0.3) is 0 Å². The lowest BCUT2D eigenvalue weighted by Crippen LogP contribution is -2.36. The summed E-state index contributed by atoms with van der Waals surface area (Å²) in [7, 11) is 6.22. The van der Waals surface area contributed by atoms with Gasteiger partial charge in [0.15, 0.2) is 0 Å². The summed E-state index contributed by atoms with van der Waals surface area (Å²) in [5.41, 5.74) is 1.03. The van der Waals surface area contributed by atoms with E-state index < -0.39 is 0 Å². The molecule has 0 bridgehead atoms. The molecule has 0 spiro atoms. The Kier molecular flexibility index (Phi) is 4.49. The Labute approximate surface area is 109 Å². The van der Waals surface area contributed by atoms with Crippen LogP contribution in [-0.4, -0.2) is 60.0 Å². The van der Waals surface area contributed by atoms with Gasteiger partial charge in [0.2, 0.25) is 0 Å². The number of hydrogen-bond donors (Lipinski definition) is 1. The Hall–Kier alpha value is -1.20. The number of anilines is 1. The van der Waals surface area contributed by atoms with Crippen LogP contribution in [0.2, 0.25) is 0 Å². The monoisotopic (exact) mass is 249 g/mol. The Bertz CT molecular complexity index is 364. The highest BCUT2D eigenvalue weighted by Gasteiger charge is 2.22. The summed E-state index contributed by atoms with van der Waals surface area (Å²) in [5, 5.41) is 2.98. The second-order valence-electron chi connectivity index (χ2n) is 5.12. The van der Waals surface area contributed by atoms with E-state index in [1.165, 1.54) is 19.4 Å². The molecule has 1 aromatic rings. The first-order chi connectivity index (χ1) is 8.69. The number of likely N-dealkylation sites (tertiary alicyclic amines) is 1. The quantitative estimate of drug-likeness (QED) is 0.845. The summed E-state index contributed by atoms with van der Waals surface area (Å²) >= 11 is 0. The van der Waals surface area contributed by atoms with Gasteiger partial charge in [-0.1, -0.05) is 0 Å². The van der Waals surface area contributed by atoms with Crippen molar-refractivity contribution in [1.82, 2.24) is 19.8 Å². The summed E-state index contributed by atoms with van der Waals surface area (Å²) in [5.74, 6) is 0.817. The molecule has 2 heterocycles. The van der Waals surface area contributed by atoms with Crippen LogP contribution in [0.1, 0.15) is 18.5 Å². The van der Waals surface area contributed by atoms with Crippen LogP contribution >= 0.6 is 0 Å². The molecule has 1 aliphatic rings. The lowest BCUT2D eigenvalue weighted by atomic mass is 10.2. The Balaban J connectivity index is 1.84. The van der Waals surface area contributed by atoms with E-state index >= 15 is 0 Å². The van der Waals surface area contributed by atoms with E-state index in [1.54, 1.807) is 6.20 Å². The fourth-order valence-electron chi connectivity index (χ4n) is 2.48. The number of likely N-dealkylation sites (N-methyl/N-ethyl adjacent to an activating group) is 2. The number of aromatic nitrogens is 2. The number of nitrogens with zero attached hydrogens (tertiary/aromatic N) is 4. The molecule has 5 heteroatoms. The summed E-state index contributed by atoms with van der Waals surface area (Å²) in [6, 6.07) is 0.694. The smallest absolute Gasteiger partial charge is 0.144 e. The second-order valence-corrected chi connectivity index (χ2v) is 5.12. The van der Waals surface area contributed by atoms with Crippen LogP contribution in [0.4, 0.5) is 5.82 Å². The van der Waals surface area contributed by atoms with Gasteiger partial charge in [0, 0.05) is 26.2 Å².